The smallest absolute Gasteiger partial charge is 0.339 e. The molecule has 0 aliphatic carbocycles. The molecule has 0 saturated heterocycles. The van der Waals surface area contributed by atoms with E-state index >= 15 is 0 Å². The normalized spacial score (nSPS) is 15.3. The van der Waals surface area contributed by atoms with Gasteiger partial charge in [-0.3, -0.25) is 4.90 Å². The van der Waals surface area contributed by atoms with E-state index in [2.05, 4.69) is 20.3 Å². The topological polar surface area (TPSA) is 93.4 Å². The van der Waals surface area contributed by atoms with Gasteiger partial charge in [-0.1, -0.05) is 12.1 Å². The van der Waals surface area contributed by atoms with Crippen molar-refractivity contribution in [2.24, 2.45) is 0 Å². The van der Waals surface area contributed by atoms with Gasteiger partial charge in [0, 0.05) is 31.6 Å². The number of hydrogen-bond acceptors (Lipinski definition) is 6. The van der Waals surface area contributed by atoms with Crippen LogP contribution in [0.1, 0.15) is 42.5 Å². The van der Waals surface area contributed by atoms with Crippen molar-refractivity contribution in [2.75, 3.05) is 19.7 Å². The molecule has 1 aliphatic heterocycles. The second kappa shape index (κ2) is 6.79. The van der Waals surface area contributed by atoms with E-state index in [-0.39, 0.29) is 11.1 Å². The van der Waals surface area contributed by atoms with Crippen molar-refractivity contribution < 1.29 is 14.6 Å². The van der Waals surface area contributed by atoms with E-state index in [4.69, 9.17) is 4.74 Å². The van der Waals surface area contributed by atoms with Gasteiger partial charge in [0.15, 0.2) is 5.82 Å². The Labute approximate surface area is 146 Å². The van der Waals surface area contributed by atoms with Crippen molar-refractivity contribution in [1.82, 2.24) is 25.1 Å². The second-order valence-corrected chi connectivity index (χ2v) is 7.14. The summed E-state index contributed by atoms with van der Waals surface area (Å²) in [4.78, 5) is 15.2. The molecule has 0 spiro atoms. The first kappa shape index (κ1) is 17.3. The van der Waals surface area contributed by atoms with Crippen LogP contribution in [0.15, 0.2) is 18.2 Å². The molecule has 2 aromatic rings. The average molecular weight is 345 g/mol. The minimum Gasteiger partial charge on any atom is -0.491 e. The van der Waals surface area contributed by atoms with Gasteiger partial charge in [-0.25, -0.2) is 4.79 Å². The predicted octanol–water partition coefficient (Wildman–Crippen LogP) is 1.56. The average Bonchev–Trinajstić information content (AvgIpc) is 2.93. The van der Waals surface area contributed by atoms with Crippen LogP contribution in [-0.4, -0.2) is 55.9 Å². The fourth-order valence-corrected chi connectivity index (χ4v) is 2.72. The van der Waals surface area contributed by atoms with Crippen molar-refractivity contribution in [3.05, 3.63) is 35.2 Å². The molecule has 1 N–H and O–H groups in total. The molecule has 0 radical (unpaired) electrons. The number of tetrazole rings is 1. The number of carboxylic acid groups (broad SMARTS) is 1. The highest BCUT2D eigenvalue weighted by atomic mass is 16.5. The maximum Gasteiger partial charge on any atom is 0.339 e. The number of rotatable bonds is 4. The van der Waals surface area contributed by atoms with Crippen molar-refractivity contribution in [3.8, 4) is 5.75 Å². The van der Waals surface area contributed by atoms with Crippen LogP contribution in [0.2, 0.25) is 0 Å². The van der Waals surface area contributed by atoms with Crippen LogP contribution in [0.25, 0.3) is 0 Å². The molecule has 1 aliphatic rings. The van der Waals surface area contributed by atoms with Gasteiger partial charge in [0.2, 0.25) is 0 Å². The van der Waals surface area contributed by atoms with Crippen LogP contribution in [0.5, 0.6) is 5.75 Å². The van der Waals surface area contributed by atoms with Gasteiger partial charge in [0.05, 0.1) is 5.54 Å². The Morgan fingerprint density at radius 1 is 1.36 bits per heavy atom. The van der Waals surface area contributed by atoms with Gasteiger partial charge in [0.25, 0.3) is 0 Å². The Morgan fingerprint density at radius 2 is 2.16 bits per heavy atom. The van der Waals surface area contributed by atoms with Gasteiger partial charge in [-0.2, -0.15) is 4.80 Å². The second-order valence-electron chi connectivity index (χ2n) is 7.14. The Bertz CT molecular complexity index is 766. The standard InChI is InChI=1S/C17H23N5O3/c1-17(2,3)22-19-14(18-20-22)7-8-21-9-10-25-15-12(11-21)5-4-6-13(15)16(23)24/h4-6H,7-11H2,1-3H3,(H,23,24). The third kappa shape index (κ3) is 3.96. The van der Waals surface area contributed by atoms with E-state index in [1.807, 2.05) is 26.8 Å². The van der Waals surface area contributed by atoms with Gasteiger partial charge < -0.3 is 9.84 Å². The molecule has 0 amide bonds. The number of hydrogen-bond donors (Lipinski definition) is 1. The number of benzene rings is 1. The quantitative estimate of drug-likeness (QED) is 0.899. The summed E-state index contributed by atoms with van der Waals surface area (Å²) in [6, 6.07) is 5.24. The number of nitrogens with zero attached hydrogens (tertiary/aromatic N) is 5. The van der Waals surface area contributed by atoms with Crippen molar-refractivity contribution in [1.29, 1.82) is 0 Å². The Morgan fingerprint density at radius 3 is 2.84 bits per heavy atom. The first-order valence-corrected chi connectivity index (χ1v) is 8.34. The number of ether oxygens (including phenoxy) is 1. The van der Waals surface area contributed by atoms with E-state index in [1.165, 1.54) is 0 Å². The summed E-state index contributed by atoms with van der Waals surface area (Å²) in [6.07, 6.45) is 0.685. The summed E-state index contributed by atoms with van der Waals surface area (Å²) in [5, 5.41) is 22.0. The summed E-state index contributed by atoms with van der Waals surface area (Å²) in [7, 11) is 0. The molecule has 0 unspecified atom stereocenters. The number of aromatic carboxylic acids is 1. The molecule has 2 heterocycles. The summed E-state index contributed by atoms with van der Waals surface area (Å²) in [5.74, 6) is 0.224. The third-order valence-electron chi connectivity index (χ3n) is 4.08. The highest BCUT2D eigenvalue weighted by molar-refractivity contribution is 5.91. The predicted molar refractivity (Wildman–Crippen MR) is 90.7 cm³/mol. The van der Waals surface area contributed by atoms with Crippen molar-refractivity contribution in [2.45, 2.75) is 39.3 Å². The molecule has 3 rings (SSSR count). The highest BCUT2D eigenvalue weighted by Gasteiger charge is 2.22. The lowest BCUT2D eigenvalue weighted by atomic mass is 10.1. The van der Waals surface area contributed by atoms with Crippen LogP contribution >= 0.6 is 0 Å². The molecular formula is C17H23N5O3. The molecule has 0 saturated carbocycles. The lowest BCUT2D eigenvalue weighted by Crippen LogP contribution is -2.28. The molecule has 8 heteroatoms. The number of para-hydroxylation sites is 1. The van der Waals surface area contributed by atoms with E-state index in [9.17, 15) is 9.90 Å². The number of carbonyl (C=O) groups is 1. The molecule has 0 atom stereocenters. The van der Waals surface area contributed by atoms with E-state index in [0.717, 1.165) is 18.7 Å². The fraction of sp³-hybridized carbons (Fsp3) is 0.529. The Hall–Kier alpha value is -2.48. The van der Waals surface area contributed by atoms with E-state index in [1.54, 1.807) is 16.9 Å². The first-order chi connectivity index (χ1) is 11.8. The van der Waals surface area contributed by atoms with Crippen LogP contribution in [0, 0.1) is 0 Å². The lowest BCUT2D eigenvalue weighted by molar-refractivity contribution is 0.0692. The zero-order chi connectivity index (χ0) is 18.0. The Balaban J connectivity index is 1.68. The maximum atomic E-state index is 11.3. The SMILES string of the molecule is CC(C)(C)n1nnc(CCN2CCOc3c(cccc3C(=O)O)C2)n1. The molecule has 0 fully saturated rings. The van der Waals surface area contributed by atoms with Crippen LogP contribution in [0.3, 0.4) is 0 Å². The molecule has 25 heavy (non-hydrogen) atoms. The molecule has 1 aromatic heterocycles. The largest absolute Gasteiger partial charge is 0.491 e. The monoisotopic (exact) mass is 345 g/mol. The summed E-state index contributed by atoms with van der Waals surface area (Å²) in [5.41, 5.74) is 0.922. The molecule has 8 nitrogen and oxygen atoms in total. The number of aromatic nitrogens is 4. The fourth-order valence-electron chi connectivity index (χ4n) is 2.72. The van der Waals surface area contributed by atoms with Crippen LogP contribution in [0.4, 0.5) is 0 Å². The first-order valence-electron chi connectivity index (χ1n) is 8.34. The van der Waals surface area contributed by atoms with Crippen molar-refractivity contribution >= 4 is 5.97 Å². The van der Waals surface area contributed by atoms with Gasteiger partial charge in [-0.05, 0) is 32.1 Å². The maximum absolute atomic E-state index is 11.3. The third-order valence-corrected chi connectivity index (χ3v) is 4.08. The zero-order valence-corrected chi connectivity index (χ0v) is 14.8. The lowest BCUT2D eigenvalue weighted by Gasteiger charge is -2.18. The van der Waals surface area contributed by atoms with Crippen LogP contribution in [-0.2, 0) is 18.5 Å². The molecule has 134 valence electrons. The van der Waals surface area contributed by atoms with Gasteiger partial charge in [0.1, 0.15) is 17.9 Å². The Kier molecular flexibility index (Phi) is 4.71. The van der Waals surface area contributed by atoms with Crippen molar-refractivity contribution in [3.63, 3.8) is 0 Å². The summed E-state index contributed by atoms with van der Waals surface area (Å²) in [6.45, 7) is 8.67. The summed E-state index contributed by atoms with van der Waals surface area (Å²) >= 11 is 0. The number of fused-ring (bicyclic) bond motifs is 1. The zero-order valence-electron chi connectivity index (χ0n) is 14.8. The molecule has 0 bridgehead atoms. The minimum absolute atomic E-state index is 0.187. The summed E-state index contributed by atoms with van der Waals surface area (Å²) < 4.78 is 5.70. The number of carboxylic acids is 1. The highest BCUT2D eigenvalue weighted by Crippen LogP contribution is 2.27. The molecular weight excluding hydrogens is 322 g/mol. The van der Waals surface area contributed by atoms with E-state index < -0.39 is 5.97 Å². The molecule has 1 aromatic carbocycles. The van der Waals surface area contributed by atoms with Gasteiger partial charge in [-0.15, -0.1) is 10.2 Å². The van der Waals surface area contributed by atoms with E-state index in [0.29, 0.717) is 31.1 Å². The van der Waals surface area contributed by atoms with Gasteiger partial charge >= 0.3 is 5.97 Å². The minimum atomic E-state index is -0.965. The van der Waals surface area contributed by atoms with Crippen LogP contribution < -0.4 is 4.74 Å².